The van der Waals surface area contributed by atoms with Crippen LogP contribution in [0.1, 0.15) is 61.8 Å². The number of hydrogen-bond acceptors (Lipinski definition) is 7. The van der Waals surface area contributed by atoms with Crippen molar-refractivity contribution in [3.63, 3.8) is 0 Å². The SMILES string of the molecule is CC(=O)O.CC(=O)O.CCC(C)(C)C(=O)OCCOC(=O)c1ccccc1C(=O)O. The average Bonchev–Trinajstić information content (AvgIpc) is 2.63. The molecule has 30 heavy (non-hydrogen) atoms. The first-order valence-electron chi connectivity index (χ1n) is 8.82. The fourth-order valence-electron chi connectivity index (χ4n) is 1.53. The number of carboxylic acids is 3. The van der Waals surface area contributed by atoms with Gasteiger partial charge in [0.25, 0.3) is 11.9 Å². The Morgan fingerprint density at radius 3 is 1.63 bits per heavy atom. The minimum Gasteiger partial charge on any atom is -0.481 e. The van der Waals surface area contributed by atoms with Gasteiger partial charge in [-0.25, -0.2) is 9.59 Å². The van der Waals surface area contributed by atoms with Gasteiger partial charge in [0.2, 0.25) is 0 Å². The van der Waals surface area contributed by atoms with Crippen molar-refractivity contribution in [1.29, 1.82) is 0 Å². The molecule has 0 saturated heterocycles. The maximum atomic E-state index is 11.8. The summed E-state index contributed by atoms with van der Waals surface area (Å²) in [5.74, 6) is -4.00. The number of esters is 2. The maximum Gasteiger partial charge on any atom is 0.339 e. The zero-order valence-corrected chi connectivity index (χ0v) is 17.6. The van der Waals surface area contributed by atoms with Crippen molar-refractivity contribution >= 4 is 29.8 Å². The Hall–Kier alpha value is -3.43. The number of carbonyl (C=O) groups excluding carboxylic acids is 2. The van der Waals surface area contributed by atoms with Crippen molar-refractivity contribution in [3.05, 3.63) is 35.4 Å². The van der Waals surface area contributed by atoms with E-state index in [1.165, 1.54) is 18.2 Å². The fraction of sp³-hybridized carbons (Fsp3) is 0.450. The van der Waals surface area contributed by atoms with Crippen molar-refractivity contribution in [2.75, 3.05) is 13.2 Å². The summed E-state index contributed by atoms with van der Waals surface area (Å²) in [7, 11) is 0. The van der Waals surface area contributed by atoms with Gasteiger partial charge in [-0.15, -0.1) is 0 Å². The molecule has 1 rings (SSSR count). The van der Waals surface area contributed by atoms with Crippen molar-refractivity contribution < 1.29 is 48.8 Å². The minimum atomic E-state index is -1.20. The van der Waals surface area contributed by atoms with E-state index in [0.29, 0.717) is 6.42 Å². The molecule has 10 heteroatoms. The summed E-state index contributed by atoms with van der Waals surface area (Å²) in [6.07, 6.45) is 0.637. The lowest BCUT2D eigenvalue weighted by molar-refractivity contribution is -0.155. The summed E-state index contributed by atoms with van der Waals surface area (Å²) in [5, 5.41) is 23.8. The van der Waals surface area contributed by atoms with Gasteiger partial charge in [0.05, 0.1) is 16.5 Å². The van der Waals surface area contributed by atoms with Crippen LogP contribution in [-0.4, -0.2) is 58.4 Å². The van der Waals surface area contributed by atoms with Gasteiger partial charge in [-0.3, -0.25) is 14.4 Å². The summed E-state index contributed by atoms with van der Waals surface area (Å²) < 4.78 is 9.97. The van der Waals surface area contributed by atoms with Crippen LogP contribution in [0.4, 0.5) is 0 Å². The van der Waals surface area contributed by atoms with E-state index in [1.54, 1.807) is 19.9 Å². The van der Waals surface area contributed by atoms with Crippen LogP contribution in [0.2, 0.25) is 0 Å². The lowest BCUT2D eigenvalue weighted by Crippen LogP contribution is -2.27. The van der Waals surface area contributed by atoms with E-state index in [4.69, 9.17) is 34.4 Å². The zero-order valence-electron chi connectivity index (χ0n) is 17.6. The lowest BCUT2D eigenvalue weighted by Gasteiger charge is -2.20. The molecule has 0 aromatic heterocycles. The summed E-state index contributed by atoms with van der Waals surface area (Å²) in [4.78, 5) is 52.6. The highest BCUT2D eigenvalue weighted by Gasteiger charge is 2.27. The van der Waals surface area contributed by atoms with Crippen LogP contribution in [0.15, 0.2) is 24.3 Å². The Morgan fingerprint density at radius 1 is 0.833 bits per heavy atom. The van der Waals surface area contributed by atoms with Crippen LogP contribution >= 0.6 is 0 Å². The van der Waals surface area contributed by atoms with Crippen LogP contribution in [-0.2, 0) is 23.9 Å². The first kappa shape index (κ1) is 28.8. The molecule has 168 valence electrons. The Balaban J connectivity index is 0. The third kappa shape index (κ3) is 13.7. The molecule has 0 aliphatic rings. The molecule has 0 fully saturated rings. The van der Waals surface area contributed by atoms with Crippen molar-refractivity contribution in [1.82, 2.24) is 0 Å². The Bertz CT molecular complexity index is 717. The van der Waals surface area contributed by atoms with Crippen LogP contribution < -0.4 is 0 Å². The predicted molar refractivity (Wildman–Crippen MR) is 105 cm³/mol. The molecule has 0 unspecified atom stereocenters. The summed E-state index contributed by atoms with van der Waals surface area (Å²) >= 11 is 0. The van der Waals surface area contributed by atoms with Gasteiger partial charge in [-0.2, -0.15) is 0 Å². The Morgan fingerprint density at radius 2 is 1.23 bits per heavy atom. The molecule has 0 spiro atoms. The van der Waals surface area contributed by atoms with Crippen molar-refractivity contribution in [2.24, 2.45) is 5.41 Å². The van der Waals surface area contributed by atoms with E-state index in [0.717, 1.165) is 13.8 Å². The van der Waals surface area contributed by atoms with E-state index in [2.05, 4.69) is 0 Å². The molecular weight excluding hydrogens is 400 g/mol. The second-order valence-corrected chi connectivity index (χ2v) is 6.40. The van der Waals surface area contributed by atoms with E-state index in [9.17, 15) is 14.4 Å². The minimum absolute atomic E-state index is 0.0322. The van der Waals surface area contributed by atoms with Crippen molar-refractivity contribution in [3.8, 4) is 0 Å². The van der Waals surface area contributed by atoms with Gasteiger partial charge in [0, 0.05) is 13.8 Å². The molecule has 3 N–H and O–H groups in total. The molecule has 0 bridgehead atoms. The van der Waals surface area contributed by atoms with E-state index in [1.807, 2.05) is 6.92 Å². The van der Waals surface area contributed by atoms with E-state index < -0.39 is 29.3 Å². The number of hydrogen-bond donors (Lipinski definition) is 3. The van der Waals surface area contributed by atoms with Crippen molar-refractivity contribution in [2.45, 2.75) is 41.0 Å². The molecule has 0 atom stereocenters. The third-order valence-electron chi connectivity index (χ3n) is 3.36. The normalized spacial score (nSPS) is 9.63. The summed E-state index contributed by atoms with van der Waals surface area (Å²) in [5.41, 5.74) is -0.744. The molecule has 0 heterocycles. The topological polar surface area (TPSA) is 164 Å². The van der Waals surface area contributed by atoms with Crippen LogP contribution in [0, 0.1) is 5.41 Å². The molecule has 0 saturated carbocycles. The largest absolute Gasteiger partial charge is 0.481 e. The van der Waals surface area contributed by atoms with Crippen LogP contribution in [0.25, 0.3) is 0 Å². The highest BCUT2D eigenvalue weighted by atomic mass is 16.6. The zero-order chi connectivity index (χ0) is 23.9. The van der Waals surface area contributed by atoms with E-state index >= 15 is 0 Å². The third-order valence-corrected chi connectivity index (χ3v) is 3.36. The Kier molecular flexibility index (Phi) is 14.0. The fourth-order valence-corrected chi connectivity index (χ4v) is 1.53. The molecular formula is C20H28O10. The van der Waals surface area contributed by atoms with Gasteiger partial charge in [-0.05, 0) is 32.4 Å². The second kappa shape index (κ2) is 14.6. The molecule has 0 aliphatic heterocycles. The number of ether oxygens (including phenoxy) is 2. The smallest absolute Gasteiger partial charge is 0.339 e. The summed E-state index contributed by atoms with van der Waals surface area (Å²) in [6, 6.07) is 5.77. The molecule has 0 radical (unpaired) electrons. The lowest BCUT2D eigenvalue weighted by atomic mass is 9.91. The van der Waals surface area contributed by atoms with Crippen LogP contribution in [0.3, 0.4) is 0 Å². The van der Waals surface area contributed by atoms with Crippen LogP contribution in [0.5, 0.6) is 0 Å². The second-order valence-electron chi connectivity index (χ2n) is 6.40. The monoisotopic (exact) mass is 428 g/mol. The van der Waals surface area contributed by atoms with Gasteiger partial charge in [0.1, 0.15) is 13.2 Å². The maximum absolute atomic E-state index is 11.8. The number of carbonyl (C=O) groups is 5. The standard InChI is InChI=1S/C16H20O6.2C2H4O2/c1-4-16(2,3)15(20)22-10-9-21-14(19)12-8-6-5-7-11(12)13(17)18;2*1-2(3)4/h5-8H,4,9-10H2,1-3H3,(H,17,18);2*1H3,(H,3,4). The summed E-state index contributed by atoms with van der Waals surface area (Å²) in [6.45, 7) is 7.39. The van der Waals surface area contributed by atoms with Gasteiger partial charge in [0.15, 0.2) is 0 Å². The van der Waals surface area contributed by atoms with Gasteiger partial charge < -0.3 is 24.8 Å². The number of aliphatic carboxylic acids is 2. The first-order valence-corrected chi connectivity index (χ1v) is 8.82. The molecule has 1 aromatic rings. The quantitative estimate of drug-likeness (QED) is 0.434. The van der Waals surface area contributed by atoms with Gasteiger partial charge in [-0.1, -0.05) is 19.1 Å². The number of carboxylic acid groups (broad SMARTS) is 3. The highest BCUT2D eigenvalue weighted by molar-refractivity contribution is 6.02. The number of rotatable bonds is 7. The first-order chi connectivity index (χ1) is 13.8. The van der Waals surface area contributed by atoms with E-state index in [-0.39, 0.29) is 30.3 Å². The average molecular weight is 428 g/mol. The number of aromatic carboxylic acids is 1. The van der Waals surface area contributed by atoms with Gasteiger partial charge >= 0.3 is 17.9 Å². The highest BCUT2D eigenvalue weighted by Crippen LogP contribution is 2.21. The molecule has 10 nitrogen and oxygen atoms in total. The molecule has 0 aliphatic carbocycles. The predicted octanol–water partition coefficient (Wildman–Crippen LogP) is 2.70. The molecule has 1 aromatic carbocycles. The number of benzene rings is 1. The molecule has 0 amide bonds. The Labute approximate surface area is 174 Å².